The smallest absolute Gasteiger partial charge is 0.0280 e. The van der Waals surface area contributed by atoms with Crippen molar-refractivity contribution in [1.82, 2.24) is 4.42 Å². The molecular weight excluding hydrogens is 134 g/mol. The van der Waals surface area contributed by atoms with Crippen LogP contribution >= 0.6 is 11.8 Å². The van der Waals surface area contributed by atoms with Crippen LogP contribution in [0.15, 0.2) is 0 Å². The molecule has 0 bridgehead atoms. The topological polar surface area (TPSA) is 3.24 Å². The molecule has 0 N–H and O–H groups in total. The maximum Gasteiger partial charge on any atom is 0.0280 e. The summed E-state index contributed by atoms with van der Waals surface area (Å²) in [7, 11) is 0. The van der Waals surface area contributed by atoms with Crippen LogP contribution in [-0.2, 0) is 0 Å². The minimum Gasteiger partial charge on any atom is -0.212 e. The van der Waals surface area contributed by atoms with Crippen molar-refractivity contribution in [3.63, 3.8) is 0 Å². The average Bonchev–Trinajstić information content (AvgIpc) is 1.62. The van der Waals surface area contributed by atoms with Crippen LogP contribution in [-0.4, -0.2) is 16.0 Å². The quantitative estimate of drug-likeness (QED) is 0.519. The molecule has 2 heteroatoms. The molecular formula is C7H16ClN. The van der Waals surface area contributed by atoms with E-state index < -0.39 is 0 Å². The van der Waals surface area contributed by atoms with Crippen LogP contribution in [0.2, 0.25) is 0 Å². The van der Waals surface area contributed by atoms with Gasteiger partial charge in [0.15, 0.2) is 0 Å². The van der Waals surface area contributed by atoms with Crippen LogP contribution < -0.4 is 0 Å². The third kappa shape index (κ3) is 3.07. The molecule has 0 aromatic rings. The van der Waals surface area contributed by atoms with Crippen molar-refractivity contribution in [3.8, 4) is 0 Å². The summed E-state index contributed by atoms with van der Waals surface area (Å²) < 4.78 is 1.83. The molecule has 0 aliphatic rings. The molecule has 0 saturated heterocycles. The molecule has 9 heavy (non-hydrogen) atoms. The fourth-order valence-corrected chi connectivity index (χ4v) is 0.775. The summed E-state index contributed by atoms with van der Waals surface area (Å²) in [5.74, 6) is 0. The van der Waals surface area contributed by atoms with E-state index in [-0.39, 0.29) is 5.54 Å². The molecule has 0 spiro atoms. The molecule has 0 saturated carbocycles. The third-order valence-corrected chi connectivity index (χ3v) is 1.99. The summed E-state index contributed by atoms with van der Waals surface area (Å²) in [6, 6.07) is 0.409. The van der Waals surface area contributed by atoms with Crippen molar-refractivity contribution in [2.24, 2.45) is 0 Å². The van der Waals surface area contributed by atoms with E-state index in [9.17, 15) is 0 Å². The first-order valence-electron chi connectivity index (χ1n) is 3.31. The Bertz CT molecular complexity index is 83.4. The highest BCUT2D eigenvalue weighted by atomic mass is 35.5. The van der Waals surface area contributed by atoms with Gasteiger partial charge in [-0.2, -0.15) is 0 Å². The molecule has 0 aromatic carbocycles. The zero-order valence-electron chi connectivity index (χ0n) is 6.90. The fourth-order valence-electron chi connectivity index (χ4n) is 0.775. The van der Waals surface area contributed by atoms with Gasteiger partial charge in [-0.1, -0.05) is 0 Å². The lowest BCUT2D eigenvalue weighted by molar-refractivity contribution is 0.219. The predicted molar refractivity (Wildman–Crippen MR) is 42.6 cm³/mol. The first-order valence-corrected chi connectivity index (χ1v) is 3.64. The largest absolute Gasteiger partial charge is 0.212 e. The van der Waals surface area contributed by atoms with Crippen LogP contribution in [0.3, 0.4) is 0 Å². The maximum atomic E-state index is 5.93. The molecule has 0 radical (unpaired) electrons. The number of halogens is 1. The van der Waals surface area contributed by atoms with Gasteiger partial charge in [-0.15, -0.1) is 0 Å². The van der Waals surface area contributed by atoms with Gasteiger partial charge >= 0.3 is 0 Å². The average molecular weight is 150 g/mol. The summed E-state index contributed by atoms with van der Waals surface area (Å²) >= 11 is 5.93. The van der Waals surface area contributed by atoms with Crippen molar-refractivity contribution in [1.29, 1.82) is 0 Å². The second kappa shape index (κ2) is 2.89. The zero-order valence-corrected chi connectivity index (χ0v) is 7.66. The number of nitrogens with zero attached hydrogens (tertiary/aromatic N) is 1. The SMILES string of the molecule is CC(C)N(Cl)C(C)(C)C. The monoisotopic (exact) mass is 149 g/mol. The van der Waals surface area contributed by atoms with Crippen LogP contribution in [0.5, 0.6) is 0 Å². The summed E-state index contributed by atoms with van der Waals surface area (Å²) in [6.45, 7) is 10.5. The Kier molecular flexibility index (Phi) is 2.97. The van der Waals surface area contributed by atoms with Gasteiger partial charge in [-0.3, -0.25) is 0 Å². The molecule has 0 aromatic heterocycles. The molecule has 0 unspecified atom stereocenters. The molecule has 0 amide bonds. The molecule has 0 fully saturated rings. The van der Waals surface area contributed by atoms with Gasteiger partial charge < -0.3 is 0 Å². The van der Waals surface area contributed by atoms with Crippen molar-refractivity contribution < 1.29 is 0 Å². The third-order valence-electron chi connectivity index (χ3n) is 1.09. The Morgan fingerprint density at radius 2 is 1.56 bits per heavy atom. The Labute approximate surface area is 63.1 Å². The van der Waals surface area contributed by atoms with E-state index in [0.29, 0.717) is 6.04 Å². The highest BCUT2D eigenvalue weighted by Gasteiger charge is 2.21. The standard InChI is InChI=1S/C7H16ClN/c1-6(2)9(8)7(3,4)5/h6H,1-5H3. The van der Waals surface area contributed by atoms with Gasteiger partial charge in [-0.05, 0) is 46.4 Å². The van der Waals surface area contributed by atoms with Crippen LogP contribution in [0, 0.1) is 0 Å². The predicted octanol–water partition coefficient (Wildman–Crippen LogP) is 2.65. The second-order valence-electron chi connectivity index (χ2n) is 3.58. The summed E-state index contributed by atoms with van der Waals surface area (Å²) in [4.78, 5) is 0. The minimum atomic E-state index is 0.0791. The van der Waals surface area contributed by atoms with Crippen molar-refractivity contribution in [2.45, 2.75) is 46.2 Å². The Morgan fingerprint density at radius 3 is 1.56 bits per heavy atom. The van der Waals surface area contributed by atoms with Gasteiger partial charge in [-0.25, -0.2) is 4.42 Å². The summed E-state index contributed by atoms with van der Waals surface area (Å²) in [5.41, 5.74) is 0.0791. The fraction of sp³-hybridized carbons (Fsp3) is 1.00. The summed E-state index contributed by atoms with van der Waals surface area (Å²) in [6.07, 6.45) is 0. The molecule has 56 valence electrons. The van der Waals surface area contributed by atoms with Gasteiger partial charge in [0.05, 0.1) is 0 Å². The highest BCUT2D eigenvalue weighted by Crippen LogP contribution is 2.18. The molecule has 0 heterocycles. The summed E-state index contributed by atoms with van der Waals surface area (Å²) in [5, 5.41) is 0. The van der Waals surface area contributed by atoms with E-state index in [1.54, 1.807) is 0 Å². The van der Waals surface area contributed by atoms with Crippen LogP contribution in [0.25, 0.3) is 0 Å². The number of rotatable bonds is 1. The van der Waals surface area contributed by atoms with E-state index in [1.807, 2.05) is 4.42 Å². The van der Waals surface area contributed by atoms with Crippen LogP contribution in [0.4, 0.5) is 0 Å². The Morgan fingerprint density at radius 1 is 1.22 bits per heavy atom. The van der Waals surface area contributed by atoms with Gasteiger partial charge in [0.25, 0.3) is 0 Å². The van der Waals surface area contributed by atoms with Crippen molar-refractivity contribution in [3.05, 3.63) is 0 Å². The zero-order chi connectivity index (χ0) is 7.65. The normalized spacial score (nSPS) is 13.3. The van der Waals surface area contributed by atoms with Gasteiger partial charge in [0.2, 0.25) is 0 Å². The van der Waals surface area contributed by atoms with Crippen molar-refractivity contribution in [2.75, 3.05) is 0 Å². The molecule has 0 rings (SSSR count). The lowest BCUT2D eigenvalue weighted by atomic mass is 10.1. The van der Waals surface area contributed by atoms with Crippen LogP contribution in [0.1, 0.15) is 34.6 Å². The van der Waals surface area contributed by atoms with E-state index in [4.69, 9.17) is 11.8 Å². The number of hydrogen-bond donors (Lipinski definition) is 0. The first-order chi connectivity index (χ1) is 3.85. The Hall–Kier alpha value is 0.250. The second-order valence-corrected chi connectivity index (χ2v) is 3.94. The molecule has 0 aliphatic carbocycles. The van der Waals surface area contributed by atoms with E-state index in [0.717, 1.165) is 0 Å². The van der Waals surface area contributed by atoms with E-state index >= 15 is 0 Å². The number of hydrogen-bond acceptors (Lipinski definition) is 1. The Balaban J connectivity index is 3.88. The highest BCUT2D eigenvalue weighted by molar-refractivity contribution is 6.13. The lowest BCUT2D eigenvalue weighted by Gasteiger charge is -2.31. The molecule has 1 nitrogen and oxygen atoms in total. The van der Waals surface area contributed by atoms with Crippen molar-refractivity contribution >= 4 is 11.8 Å². The van der Waals surface area contributed by atoms with E-state index in [2.05, 4.69) is 34.6 Å². The minimum absolute atomic E-state index is 0.0791. The molecule has 0 aliphatic heterocycles. The molecule has 0 atom stereocenters. The maximum absolute atomic E-state index is 5.93. The van der Waals surface area contributed by atoms with Gasteiger partial charge in [0, 0.05) is 11.6 Å². The van der Waals surface area contributed by atoms with Gasteiger partial charge in [0.1, 0.15) is 0 Å². The van der Waals surface area contributed by atoms with E-state index in [1.165, 1.54) is 0 Å². The first kappa shape index (κ1) is 9.25. The lowest BCUT2D eigenvalue weighted by Crippen LogP contribution is -2.38.